The summed E-state index contributed by atoms with van der Waals surface area (Å²) in [6, 6.07) is 12.6. The Bertz CT molecular complexity index is 971. The molecule has 0 radical (unpaired) electrons. The second kappa shape index (κ2) is 6.41. The van der Waals surface area contributed by atoms with Crippen molar-refractivity contribution in [1.29, 1.82) is 0 Å². The van der Waals surface area contributed by atoms with Crippen molar-refractivity contribution >= 4 is 28.7 Å². The smallest absolute Gasteiger partial charge is 0.338 e. The molecule has 0 aliphatic heterocycles. The van der Waals surface area contributed by atoms with Gasteiger partial charge in [0.2, 0.25) is 0 Å². The van der Waals surface area contributed by atoms with Gasteiger partial charge >= 0.3 is 17.7 Å². The number of H-pyrrole nitrogens is 1. The number of ether oxygens (including phenoxy) is 1. The fourth-order valence-electron chi connectivity index (χ4n) is 2.37. The van der Waals surface area contributed by atoms with Gasteiger partial charge in [-0.15, -0.1) is 0 Å². The molecule has 24 heavy (non-hydrogen) atoms. The number of aromatic nitrogens is 2. The minimum atomic E-state index is -0.613. The highest BCUT2D eigenvalue weighted by molar-refractivity contribution is 5.98. The first-order valence-corrected chi connectivity index (χ1v) is 7.38. The number of anilines is 1. The van der Waals surface area contributed by atoms with E-state index in [0.29, 0.717) is 22.3 Å². The Labute approximate surface area is 136 Å². The molecule has 1 heterocycles. The minimum Gasteiger partial charge on any atom is -0.462 e. The van der Waals surface area contributed by atoms with Crippen LogP contribution in [0.4, 0.5) is 10.5 Å². The summed E-state index contributed by atoms with van der Waals surface area (Å²) in [5.74, 6) is -0.474. The summed E-state index contributed by atoms with van der Waals surface area (Å²) in [6.07, 6.45) is 0. The lowest BCUT2D eigenvalue weighted by Crippen LogP contribution is -2.29. The highest BCUT2D eigenvalue weighted by atomic mass is 16.5. The molecule has 0 fully saturated rings. The average Bonchev–Trinajstić information content (AvgIpc) is 2.91. The van der Waals surface area contributed by atoms with Gasteiger partial charge in [0.15, 0.2) is 0 Å². The van der Waals surface area contributed by atoms with Crippen LogP contribution in [0, 0.1) is 0 Å². The number of carbonyl (C=O) groups excluding carboxylic acids is 2. The molecule has 1 amide bonds. The number of fused-ring (bicyclic) bond motifs is 1. The third-order valence-electron chi connectivity index (χ3n) is 3.42. The molecule has 1 aromatic heterocycles. The number of nitrogens with zero attached hydrogens (tertiary/aromatic N) is 1. The summed E-state index contributed by atoms with van der Waals surface area (Å²) < 4.78 is 5.93. The zero-order valence-electron chi connectivity index (χ0n) is 12.9. The molecule has 0 spiro atoms. The van der Waals surface area contributed by atoms with Gasteiger partial charge in [-0.25, -0.2) is 19.0 Å². The van der Waals surface area contributed by atoms with Crippen LogP contribution >= 0.6 is 0 Å². The number of nitrogens with one attached hydrogen (secondary N) is 2. The summed E-state index contributed by atoms with van der Waals surface area (Å²) in [5.41, 5.74) is 1.22. The fourth-order valence-corrected chi connectivity index (χ4v) is 2.37. The molecule has 3 rings (SSSR count). The minimum absolute atomic E-state index is 0.264. The van der Waals surface area contributed by atoms with E-state index in [0.717, 1.165) is 4.57 Å². The van der Waals surface area contributed by atoms with Crippen LogP contribution in [0.2, 0.25) is 0 Å². The van der Waals surface area contributed by atoms with Gasteiger partial charge in [-0.1, -0.05) is 18.2 Å². The molecular formula is C17H15N3O4. The van der Waals surface area contributed by atoms with Crippen molar-refractivity contribution in [3.63, 3.8) is 0 Å². The zero-order valence-corrected chi connectivity index (χ0v) is 12.9. The van der Waals surface area contributed by atoms with Gasteiger partial charge < -0.3 is 15.0 Å². The van der Waals surface area contributed by atoms with Crippen LogP contribution in [0.1, 0.15) is 17.3 Å². The van der Waals surface area contributed by atoms with E-state index in [1.165, 1.54) is 6.07 Å². The molecule has 0 aliphatic carbocycles. The summed E-state index contributed by atoms with van der Waals surface area (Å²) in [6.45, 7) is 1.98. The predicted octanol–water partition coefficient (Wildman–Crippen LogP) is 2.59. The van der Waals surface area contributed by atoms with Gasteiger partial charge in [-0.05, 0) is 37.3 Å². The maximum absolute atomic E-state index is 12.4. The van der Waals surface area contributed by atoms with Gasteiger partial charge in [0.05, 0.1) is 23.2 Å². The van der Waals surface area contributed by atoms with Gasteiger partial charge in [0, 0.05) is 5.69 Å². The van der Waals surface area contributed by atoms with Crippen molar-refractivity contribution in [2.75, 3.05) is 11.9 Å². The van der Waals surface area contributed by atoms with E-state index in [1.807, 2.05) is 0 Å². The Morgan fingerprint density at radius 1 is 1.17 bits per heavy atom. The summed E-state index contributed by atoms with van der Waals surface area (Å²) >= 11 is 0. The normalized spacial score (nSPS) is 10.5. The summed E-state index contributed by atoms with van der Waals surface area (Å²) in [7, 11) is 0. The molecule has 122 valence electrons. The molecule has 0 aliphatic rings. The highest BCUT2D eigenvalue weighted by Crippen LogP contribution is 2.14. The molecule has 0 unspecified atom stereocenters. The van der Waals surface area contributed by atoms with Crippen molar-refractivity contribution in [2.24, 2.45) is 0 Å². The number of carbonyl (C=O) groups is 2. The van der Waals surface area contributed by atoms with E-state index in [9.17, 15) is 14.4 Å². The van der Waals surface area contributed by atoms with E-state index >= 15 is 0 Å². The lowest BCUT2D eigenvalue weighted by Gasteiger charge is -2.07. The number of imidazole rings is 1. The van der Waals surface area contributed by atoms with Crippen molar-refractivity contribution in [1.82, 2.24) is 9.55 Å². The van der Waals surface area contributed by atoms with Crippen LogP contribution in [-0.2, 0) is 4.74 Å². The molecule has 0 atom stereocenters. The van der Waals surface area contributed by atoms with Crippen LogP contribution in [-0.4, -0.2) is 28.2 Å². The quantitative estimate of drug-likeness (QED) is 0.724. The Balaban J connectivity index is 1.89. The number of hydrogen-bond acceptors (Lipinski definition) is 4. The number of esters is 1. The standard InChI is InChI=1S/C17H15N3O4/c1-2-24-15(21)11-6-5-7-12(10-11)18-16(22)20-14-9-4-3-8-13(14)19-17(20)23/h3-10H,2H2,1H3,(H,18,22)(H,19,23). The Hall–Kier alpha value is -3.35. The van der Waals surface area contributed by atoms with Crippen molar-refractivity contribution in [3.05, 3.63) is 64.6 Å². The Morgan fingerprint density at radius 3 is 2.75 bits per heavy atom. The maximum Gasteiger partial charge on any atom is 0.338 e. The van der Waals surface area contributed by atoms with Crippen LogP contribution in [0.15, 0.2) is 53.3 Å². The van der Waals surface area contributed by atoms with Crippen LogP contribution in [0.25, 0.3) is 11.0 Å². The number of amides is 1. The molecular weight excluding hydrogens is 310 g/mol. The van der Waals surface area contributed by atoms with Crippen molar-refractivity contribution < 1.29 is 14.3 Å². The lowest BCUT2D eigenvalue weighted by molar-refractivity contribution is 0.0526. The predicted molar refractivity (Wildman–Crippen MR) is 89.4 cm³/mol. The molecule has 2 N–H and O–H groups in total. The number of hydrogen-bond donors (Lipinski definition) is 2. The molecule has 2 aromatic carbocycles. The lowest BCUT2D eigenvalue weighted by atomic mass is 10.2. The molecule has 0 bridgehead atoms. The third kappa shape index (κ3) is 2.91. The first-order chi connectivity index (χ1) is 11.6. The van der Waals surface area contributed by atoms with E-state index in [2.05, 4.69) is 10.3 Å². The van der Waals surface area contributed by atoms with Crippen LogP contribution in [0.5, 0.6) is 0 Å². The van der Waals surface area contributed by atoms with Crippen molar-refractivity contribution in [3.8, 4) is 0 Å². The van der Waals surface area contributed by atoms with Crippen LogP contribution in [0.3, 0.4) is 0 Å². The van der Waals surface area contributed by atoms with Gasteiger partial charge in [0.1, 0.15) is 0 Å². The van der Waals surface area contributed by atoms with E-state index < -0.39 is 17.7 Å². The second-order valence-corrected chi connectivity index (χ2v) is 5.01. The Morgan fingerprint density at radius 2 is 1.96 bits per heavy atom. The monoisotopic (exact) mass is 325 g/mol. The van der Waals surface area contributed by atoms with E-state index in [-0.39, 0.29) is 6.61 Å². The Kier molecular flexibility index (Phi) is 4.15. The molecule has 0 saturated heterocycles. The number of rotatable bonds is 3. The maximum atomic E-state index is 12.4. The van der Waals surface area contributed by atoms with E-state index in [4.69, 9.17) is 4.74 Å². The number of aromatic amines is 1. The fraction of sp³-hybridized carbons (Fsp3) is 0.118. The van der Waals surface area contributed by atoms with Gasteiger partial charge in [-0.3, -0.25) is 0 Å². The molecule has 3 aromatic rings. The third-order valence-corrected chi connectivity index (χ3v) is 3.42. The average molecular weight is 325 g/mol. The first kappa shape index (κ1) is 15.5. The molecule has 7 heteroatoms. The van der Waals surface area contributed by atoms with Gasteiger partial charge in [-0.2, -0.15) is 0 Å². The van der Waals surface area contributed by atoms with Crippen molar-refractivity contribution in [2.45, 2.75) is 6.92 Å². The summed E-state index contributed by atoms with van der Waals surface area (Å²) in [4.78, 5) is 38.8. The van der Waals surface area contributed by atoms with Gasteiger partial charge in [0.25, 0.3) is 0 Å². The first-order valence-electron chi connectivity index (χ1n) is 7.38. The summed E-state index contributed by atoms with van der Waals surface area (Å²) in [5, 5.41) is 2.61. The number of para-hydroxylation sites is 2. The number of benzene rings is 2. The highest BCUT2D eigenvalue weighted by Gasteiger charge is 2.14. The SMILES string of the molecule is CCOC(=O)c1cccc(NC(=O)n2c(=O)[nH]c3ccccc32)c1. The largest absolute Gasteiger partial charge is 0.462 e. The second-order valence-electron chi connectivity index (χ2n) is 5.01. The molecule has 7 nitrogen and oxygen atoms in total. The van der Waals surface area contributed by atoms with E-state index in [1.54, 1.807) is 49.4 Å². The zero-order chi connectivity index (χ0) is 17.1. The van der Waals surface area contributed by atoms with Crippen LogP contribution < -0.4 is 11.0 Å². The topological polar surface area (TPSA) is 93.2 Å². The molecule has 0 saturated carbocycles.